The number of anilines is 1. The van der Waals surface area contributed by atoms with Crippen molar-refractivity contribution in [1.29, 1.82) is 0 Å². The van der Waals surface area contributed by atoms with Gasteiger partial charge >= 0.3 is 0 Å². The molecule has 2 aromatic rings. The first-order chi connectivity index (χ1) is 10.1. The van der Waals surface area contributed by atoms with Crippen molar-refractivity contribution in [1.82, 2.24) is 10.3 Å². The van der Waals surface area contributed by atoms with Crippen LogP contribution in [0.4, 0.5) is 5.69 Å². The molecular weight excluding hydrogens is 262 g/mol. The molecule has 0 saturated heterocycles. The molecule has 0 radical (unpaired) electrons. The largest absolute Gasteiger partial charge is 0.399 e. The van der Waals surface area contributed by atoms with E-state index in [2.05, 4.69) is 15.3 Å². The van der Waals surface area contributed by atoms with Crippen LogP contribution in [-0.2, 0) is 5.79 Å². The minimum atomic E-state index is -1.03. The fourth-order valence-corrected chi connectivity index (χ4v) is 2.39. The Labute approximate surface area is 123 Å². The van der Waals surface area contributed by atoms with Gasteiger partial charge in [0.15, 0.2) is 0 Å². The number of benzene rings is 1. The Morgan fingerprint density at radius 2 is 2.10 bits per heavy atom. The second-order valence-electron chi connectivity index (χ2n) is 5.07. The first kappa shape index (κ1) is 13.3. The predicted molar refractivity (Wildman–Crippen MR) is 85.3 cm³/mol. The maximum absolute atomic E-state index is 6.45. The Bertz CT molecular complexity index is 721. The van der Waals surface area contributed by atoms with Crippen LogP contribution in [0, 0.1) is 6.92 Å². The lowest BCUT2D eigenvalue weighted by molar-refractivity contribution is 0.420. The van der Waals surface area contributed by atoms with Crippen molar-refractivity contribution in [3.8, 4) is 0 Å². The number of nitrogen functional groups attached to an aromatic ring is 1. The zero-order valence-corrected chi connectivity index (χ0v) is 11.7. The summed E-state index contributed by atoms with van der Waals surface area (Å²) in [6.45, 7) is 1.99. The summed E-state index contributed by atoms with van der Waals surface area (Å²) in [5, 5.41) is 3.28. The molecule has 5 N–H and O–H groups in total. The summed E-state index contributed by atoms with van der Waals surface area (Å²) in [6.07, 6.45) is 7.11. The standard InChI is InChI=1S/C16H17N5/c1-11-4-5-13(17)9-14(11)16(18)20-8-6-15(21-16)12-3-2-7-19-10-12/h2-10,21H,17-18H2,1H3. The topological polar surface area (TPSA) is 89.3 Å². The lowest BCUT2D eigenvalue weighted by Gasteiger charge is -2.32. The molecule has 1 aliphatic heterocycles. The van der Waals surface area contributed by atoms with Crippen molar-refractivity contribution >= 4 is 17.6 Å². The van der Waals surface area contributed by atoms with Gasteiger partial charge in [-0.1, -0.05) is 6.07 Å². The van der Waals surface area contributed by atoms with Gasteiger partial charge in [0.05, 0.1) is 0 Å². The molecule has 3 rings (SSSR count). The molecule has 0 spiro atoms. The van der Waals surface area contributed by atoms with Gasteiger partial charge in [-0.25, -0.2) is 4.99 Å². The highest BCUT2D eigenvalue weighted by molar-refractivity contribution is 5.86. The molecule has 1 aliphatic rings. The minimum absolute atomic E-state index is 0.662. The maximum atomic E-state index is 6.45. The molecule has 1 unspecified atom stereocenters. The second kappa shape index (κ2) is 5.03. The van der Waals surface area contributed by atoms with Crippen LogP contribution in [0.1, 0.15) is 16.7 Å². The lowest BCUT2D eigenvalue weighted by Crippen LogP contribution is -2.49. The molecule has 5 heteroatoms. The van der Waals surface area contributed by atoms with E-state index in [1.165, 1.54) is 0 Å². The van der Waals surface area contributed by atoms with Gasteiger partial charge in [-0.05, 0) is 42.8 Å². The predicted octanol–water partition coefficient (Wildman–Crippen LogP) is 1.76. The third-order valence-corrected chi connectivity index (χ3v) is 3.49. The smallest absolute Gasteiger partial charge is 0.209 e. The third kappa shape index (κ3) is 2.51. The Balaban J connectivity index is 1.99. The van der Waals surface area contributed by atoms with Gasteiger partial charge in [-0.15, -0.1) is 0 Å². The number of hydrogen-bond donors (Lipinski definition) is 3. The van der Waals surface area contributed by atoms with E-state index in [9.17, 15) is 0 Å². The van der Waals surface area contributed by atoms with Crippen LogP contribution in [-0.4, -0.2) is 11.2 Å². The molecule has 5 nitrogen and oxygen atoms in total. The number of nitrogens with one attached hydrogen (secondary N) is 1. The normalized spacial score (nSPS) is 20.8. The highest BCUT2D eigenvalue weighted by Crippen LogP contribution is 2.28. The Morgan fingerprint density at radius 1 is 1.24 bits per heavy atom. The number of nitrogens with two attached hydrogens (primary N) is 2. The molecule has 0 saturated carbocycles. The molecule has 0 bridgehead atoms. The van der Waals surface area contributed by atoms with Crippen molar-refractivity contribution < 1.29 is 0 Å². The maximum Gasteiger partial charge on any atom is 0.209 e. The van der Waals surface area contributed by atoms with Crippen LogP contribution >= 0.6 is 0 Å². The highest BCUT2D eigenvalue weighted by Gasteiger charge is 2.30. The van der Waals surface area contributed by atoms with Gasteiger partial charge in [0, 0.05) is 41.1 Å². The number of allylic oxidation sites excluding steroid dienone is 1. The molecule has 21 heavy (non-hydrogen) atoms. The molecule has 0 fully saturated rings. The van der Waals surface area contributed by atoms with Gasteiger partial charge in [-0.2, -0.15) is 0 Å². The van der Waals surface area contributed by atoms with E-state index in [4.69, 9.17) is 11.5 Å². The van der Waals surface area contributed by atoms with Gasteiger partial charge < -0.3 is 11.1 Å². The van der Waals surface area contributed by atoms with Crippen molar-refractivity contribution in [2.45, 2.75) is 12.7 Å². The zero-order chi connectivity index (χ0) is 14.9. The number of nitrogens with zero attached hydrogens (tertiary/aromatic N) is 2. The summed E-state index contributed by atoms with van der Waals surface area (Å²) >= 11 is 0. The monoisotopic (exact) mass is 279 g/mol. The van der Waals surface area contributed by atoms with E-state index in [-0.39, 0.29) is 0 Å². The van der Waals surface area contributed by atoms with E-state index >= 15 is 0 Å². The summed E-state index contributed by atoms with van der Waals surface area (Å²) in [6, 6.07) is 9.50. The average Bonchev–Trinajstić information content (AvgIpc) is 2.50. The van der Waals surface area contributed by atoms with Crippen LogP contribution in [0.3, 0.4) is 0 Å². The second-order valence-corrected chi connectivity index (χ2v) is 5.07. The van der Waals surface area contributed by atoms with E-state index < -0.39 is 5.79 Å². The van der Waals surface area contributed by atoms with Gasteiger partial charge in [-0.3, -0.25) is 10.7 Å². The molecule has 2 heterocycles. The zero-order valence-electron chi connectivity index (χ0n) is 11.7. The number of rotatable bonds is 2. The van der Waals surface area contributed by atoms with Crippen LogP contribution in [0.15, 0.2) is 53.8 Å². The number of aryl methyl sites for hydroxylation is 1. The van der Waals surface area contributed by atoms with Crippen molar-refractivity contribution in [2.24, 2.45) is 10.7 Å². The van der Waals surface area contributed by atoms with Crippen molar-refractivity contribution in [3.63, 3.8) is 0 Å². The first-order valence-corrected chi connectivity index (χ1v) is 6.68. The fourth-order valence-electron chi connectivity index (χ4n) is 2.39. The van der Waals surface area contributed by atoms with E-state index in [1.54, 1.807) is 18.6 Å². The van der Waals surface area contributed by atoms with Crippen LogP contribution in [0.25, 0.3) is 5.70 Å². The summed E-state index contributed by atoms with van der Waals surface area (Å²) in [5.41, 5.74) is 16.7. The Hall–Kier alpha value is -2.66. The third-order valence-electron chi connectivity index (χ3n) is 3.49. The molecule has 0 amide bonds. The number of aliphatic imine (C=N–C) groups is 1. The van der Waals surface area contributed by atoms with E-state index in [0.717, 1.165) is 22.4 Å². The molecule has 1 atom stereocenters. The summed E-state index contributed by atoms with van der Waals surface area (Å²) in [7, 11) is 0. The van der Waals surface area contributed by atoms with Gasteiger partial charge in [0.25, 0.3) is 0 Å². The lowest BCUT2D eigenvalue weighted by atomic mass is 9.99. The quantitative estimate of drug-likeness (QED) is 0.731. The fraction of sp³-hybridized carbons (Fsp3) is 0.125. The summed E-state index contributed by atoms with van der Waals surface area (Å²) in [4.78, 5) is 8.52. The van der Waals surface area contributed by atoms with E-state index in [0.29, 0.717) is 5.69 Å². The Kier molecular flexibility index (Phi) is 3.19. The van der Waals surface area contributed by atoms with Gasteiger partial charge in [0.1, 0.15) is 0 Å². The first-order valence-electron chi connectivity index (χ1n) is 6.68. The summed E-state index contributed by atoms with van der Waals surface area (Å²) in [5.74, 6) is -1.03. The number of pyridine rings is 1. The Morgan fingerprint density at radius 3 is 2.86 bits per heavy atom. The molecule has 1 aromatic carbocycles. The molecule has 1 aromatic heterocycles. The number of hydrogen-bond acceptors (Lipinski definition) is 5. The van der Waals surface area contributed by atoms with E-state index in [1.807, 2.05) is 43.3 Å². The highest BCUT2D eigenvalue weighted by atomic mass is 15.3. The van der Waals surface area contributed by atoms with Gasteiger partial charge in [0.2, 0.25) is 5.79 Å². The van der Waals surface area contributed by atoms with Crippen LogP contribution < -0.4 is 16.8 Å². The minimum Gasteiger partial charge on any atom is -0.399 e. The SMILES string of the molecule is Cc1ccc(N)cc1C1(N)N=CC=C(c2cccnc2)N1. The van der Waals surface area contributed by atoms with Crippen LogP contribution in [0.5, 0.6) is 0 Å². The summed E-state index contributed by atoms with van der Waals surface area (Å²) < 4.78 is 0. The molecule has 0 aliphatic carbocycles. The average molecular weight is 279 g/mol. The number of aromatic nitrogens is 1. The molecule has 106 valence electrons. The van der Waals surface area contributed by atoms with Crippen molar-refractivity contribution in [2.75, 3.05) is 5.73 Å². The molecular formula is C16H17N5. The van der Waals surface area contributed by atoms with Crippen LogP contribution in [0.2, 0.25) is 0 Å². The van der Waals surface area contributed by atoms with Crippen molar-refractivity contribution in [3.05, 3.63) is 65.5 Å².